The summed E-state index contributed by atoms with van der Waals surface area (Å²) in [6.45, 7) is 0. The van der Waals surface area contributed by atoms with Gasteiger partial charge >= 0.3 is 0 Å². The first-order valence-corrected chi connectivity index (χ1v) is 0.816. The zero-order valence-corrected chi connectivity index (χ0v) is 9.53. The summed E-state index contributed by atoms with van der Waals surface area (Å²) in [7, 11) is 3.25. The SMILES string of the molecule is COC.I.[Pb]. The van der Waals surface area contributed by atoms with Gasteiger partial charge in [0.15, 0.2) is 0 Å². The fourth-order valence-electron chi connectivity index (χ4n) is 0. The van der Waals surface area contributed by atoms with Gasteiger partial charge in [-0.05, 0) is 0 Å². The van der Waals surface area contributed by atoms with Crippen molar-refractivity contribution in [3.05, 3.63) is 0 Å². The molecule has 0 aromatic heterocycles. The molecular weight excluding hydrogens is 374 g/mol. The summed E-state index contributed by atoms with van der Waals surface area (Å²) in [6, 6.07) is 0. The van der Waals surface area contributed by atoms with Gasteiger partial charge < -0.3 is 4.74 Å². The first-order valence-electron chi connectivity index (χ1n) is 0.816. The Morgan fingerprint density at radius 1 is 1.20 bits per heavy atom. The molecule has 32 valence electrons. The minimum Gasteiger partial charge on any atom is -0.388 e. The van der Waals surface area contributed by atoms with Crippen LogP contribution in [0.2, 0.25) is 0 Å². The number of rotatable bonds is 0. The summed E-state index contributed by atoms with van der Waals surface area (Å²) in [4.78, 5) is 0. The van der Waals surface area contributed by atoms with Crippen molar-refractivity contribution in [1.29, 1.82) is 0 Å². The topological polar surface area (TPSA) is 9.23 Å². The van der Waals surface area contributed by atoms with Gasteiger partial charge in [-0.25, -0.2) is 0 Å². The van der Waals surface area contributed by atoms with Crippen molar-refractivity contribution in [3.63, 3.8) is 0 Å². The van der Waals surface area contributed by atoms with E-state index in [4.69, 9.17) is 0 Å². The standard InChI is InChI=1S/C2H6O.HI.Pb/c1-3-2;;/h1-2H3;1H;. The van der Waals surface area contributed by atoms with Gasteiger partial charge in [-0.1, -0.05) is 0 Å². The Bertz CT molecular complexity index is 9.61. The van der Waals surface area contributed by atoms with E-state index < -0.39 is 0 Å². The van der Waals surface area contributed by atoms with E-state index in [1.807, 2.05) is 0 Å². The second kappa shape index (κ2) is 17.5. The molecule has 0 unspecified atom stereocenters. The monoisotopic (exact) mass is 382 g/mol. The van der Waals surface area contributed by atoms with E-state index in [0.29, 0.717) is 0 Å². The molecule has 0 aromatic rings. The average Bonchev–Trinajstić information content (AvgIpc) is 0.918. The Labute approximate surface area is 69.6 Å². The second-order valence-corrected chi connectivity index (χ2v) is 0.408. The van der Waals surface area contributed by atoms with Crippen molar-refractivity contribution >= 4 is 51.3 Å². The molecule has 0 spiro atoms. The van der Waals surface area contributed by atoms with Crippen LogP contribution in [0.1, 0.15) is 0 Å². The van der Waals surface area contributed by atoms with Crippen molar-refractivity contribution < 1.29 is 4.74 Å². The zero-order valence-electron chi connectivity index (χ0n) is 3.32. The summed E-state index contributed by atoms with van der Waals surface area (Å²) < 4.78 is 4.25. The molecule has 0 fully saturated rings. The predicted molar refractivity (Wildman–Crippen MR) is 34.1 cm³/mol. The summed E-state index contributed by atoms with van der Waals surface area (Å²) in [6.07, 6.45) is 0. The van der Waals surface area contributed by atoms with Crippen molar-refractivity contribution in [2.24, 2.45) is 0 Å². The maximum absolute atomic E-state index is 4.25. The summed E-state index contributed by atoms with van der Waals surface area (Å²) in [5.74, 6) is 0. The van der Waals surface area contributed by atoms with Crippen LogP contribution in [0, 0.1) is 0 Å². The number of ether oxygens (including phenoxy) is 1. The van der Waals surface area contributed by atoms with Crippen LogP contribution in [0.15, 0.2) is 0 Å². The van der Waals surface area contributed by atoms with Crippen LogP contribution >= 0.6 is 24.0 Å². The number of hydrogen-bond donors (Lipinski definition) is 0. The zero-order chi connectivity index (χ0) is 2.71. The van der Waals surface area contributed by atoms with Crippen LogP contribution < -0.4 is 0 Å². The molecule has 1 nitrogen and oxygen atoms in total. The van der Waals surface area contributed by atoms with Gasteiger partial charge in [0, 0.05) is 41.5 Å². The van der Waals surface area contributed by atoms with E-state index in [9.17, 15) is 0 Å². The summed E-state index contributed by atoms with van der Waals surface area (Å²) in [5.41, 5.74) is 0. The molecule has 0 aliphatic rings. The largest absolute Gasteiger partial charge is 0.388 e. The van der Waals surface area contributed by atoms with Gasteiger partial charge in [-0.2, -0.15) is 0 Å². The molecule has 0 saturated heterocycles. The van der Waals surface area contributed by atoms with E-state index >= 15 is 0 Å². The Morgan fingerprint density at radius 2 is 1.20 bits per heavy atom. The number of halogens is 1. The third kappa shape index (κ3) is 28.2. The molecule has 3 heteroatoms. The van der Waals surface area contributed by atoms with Gasteiger partial charge in [0.25, 0.3) is 0 Å². The second-order valence-electron chi connectivity index (χ2n) is 0.408. The molecule has 5 heavy (non-hydrogen) atoms. The Morgan fingerprint density at radius 3 is 1.20 bits per heavy atom. The van der Waals surface area contributed by atoms with Crippen molar-refractivity contribution in [1.82, 2.24) is 0 Å². The van der Waals surface area contributed by atoms with Gasteiger partial charge in [-0.3, -0.25) is 0 Å². The molecule has 0 rings (SSSR count). The Hall–Kier alpha value is 1.61. The molecule has 0 heterocycles. The molecule has 0 aliphatic carbocycles. The Kier molecular flexibility index (Phi) is 55.9. The number of methoxy groups -OCH3 is 1. The normalized spacial score (nSPS) is 3.60. The quantitative estimate of drug-likeness (QED) is 0.439. The summed E-state index contributed by atoms with van der Waals surface area (Å²) >= 11 is 0. The first kappa shape index (κ1) is 16.0. The van der Waals surface area contributed by atoms with Crippen molar-refractivity contribution in [2.75, 3.05) is 14.2 Å². The van der Waals surface area contributed by atoms with Crippen LogP contribution in [0.25, 0.3) is 0 Å². The predicted octanol–water partition coefficient (Wildman–Crippen LogP) is 0.500. The van der Waals surface area contributed by atoms with Gasteiger partial charge in [0.2, 0.25) is 0 Å². The van der Waals surface area contributed by atoms with E-state index in [1.165, 1.54) is 0 Å². The molecule has 0 saturated carbocycles. The molecule has 0 atom stereocenters. The number of hydrogen-bond acceptors (Lipinski definition) is 1. The maximum Gasteiger partial charge on any atom is 0.0351 e. The smallest absolute Gasteiger partial charge is 0.0351 e. The minimum atomic E-state index is 0. The van der Waals surface area contributed by atoms with Crippen molar-refractivity contribution in [3.8, 4) is 0 Å². The molecular formula is C2H7IOPb. The molecule has 0 amide bonds. The van der Waals surface area contributed by atoms with Crippen LogP contribution in [0.3, 0.4) is 0 Å². The maximum atomic E-state index is 4.25. The minimum absolute atomic E-state index is 0. The van der Waals surface area contributed by atoms with E-state index in [-0.39, 0.29) is 51.3 Å². The van der Waals surface area contributed by atoms with Gasteiger partial charge in [0.05, 0.1) is 0 Å². The molecule has 4 radical (unpaired) electrons. The van der Waals surface area contributed by atoms with Gasteiger partial charge in [0.1, 0.15) is 0 Å². The fourth-order valence-corrected chi connectivity index (χ4v) is 0. The first-order chi connectivity index (χ1) is 1.41. The summed E-state index contributed by atoms with van der Waals surface area (Å²) in [5, 5.41) is 0. The third-order valence-corrected chi connectivity index (χ3v) is 0. The molecule has 0 aliphatic heterocycles. The Balaban J connectivity index is -0.0000000200. The van der Waals surface area contributed by atoms with Crippen LogP contribution in [-0.2, 0) is 4.74 Å². The molecule has 0 N–H and O–H groups in total. The van der Waals surface area contributed by atoms with Crippen LogP contribution in [0.5, 0.6) is 0 Å². The fraction of sp³-hybridized carbons (Fsp3) is 1.00. The van der Waals surface area contributed by atoms with E-state index in [2.05, 4.69) is 4.74 Å². The third-order valence-electron chi connectivity index (χ3n) is 0. The molecule has 0 bridgehead atoms. The van der Waals surface area contributed by atoms with Crippen LogP contribution in [-0.4, -0.2) is 41.5 Å². The van der Waals surface area contributed by atoms with E-state index in [0.717, 1.165) is 0 Å². The molecule has 0 aromatic carbocycles. The average molecular weight is 381 g/mol. The van der Waals surface area contributed by atoms with E-state index in [1.54, 1.807) is 14.2 Å². The van der Waals surface area contributed by atoms with Crippen molar-refractivity contribution in [2.45, 2.75) is 0 Å². The van der Waals surface area contributed by atoms with Crippen LogP contribution in [0.4, 0.5) is 0 Å². The van der Waals surface area contributed by atoms with Gasteiger partial charge in [-0.15, -0.1) is 24.0 Å².